The number of alkyl halides is 1. The Morgan fingerprint density at radius 3 is 2.46 bits per heavy atom. The van der Waals surface area contributed by atoms with Crippen molar-refractivity contribution in [3.63, 3.8) is 0 Å². The molecule has 3 heterocycles. The number of aliphatic carboxylic acids is 1. The van der Waals surface area contributed by atoms with E-state index in [9.17, 15) is 23.5 Å². The number of carboxylic acid groups (broad SMARTS) is 1. The van der Waals surface area contributed by atoms with Crippen molar-refractivity contribution in [3.05, 3.63) is 47.9 Å². The Labute approximate surface area is 229 Å². The molecule has 1 atom stereocenters. The fraction of sp³-hybridized carbons (Fsp3) is 0.567. The first-order chi connectivity index (χ1) is 18.6. The molecule has 1 amide bonds. The van der Waals surface area contributed by atoms with Gasteiger partial charge in [0.15, 0.2) is 0 Å². The Balaban J connectivity index is 1.32. The van der Waals surface area contributed by atoms with Gasteiger partial charge in [-0.3, -0.25) is 9.78 Å². The van der Waals surface area contributed by atoms with Crippen molar-refractivity contribution < 1.29 is 28.2 Å². The molecule has 2 saturated heterocycles. The van der Waals surface area contributed by atoms with Crippen LogP contribution in [0.4, 0.5) is 8.78 Å². The summed E-state index contributed by atoms with van der Waals surface area (Å²) in [7, 11) is 0. The number of amides is 1. The molecule has 9 heteroatoms. The van der Waals surface area contributed by atoms with E-state index in [0.717, 1.165) is 25.9 Å². The quantitative estimate of drug-likeness (QED) is 0.421. The van der Waals surface area contributed by atoms with Crippen molar-refractivity contribution >= 4 is 11.9 Å². The number of piperidine rings is 1. The van der Waals surface area contributed by atoms with Crippen LogP contribution in [0, 0.1) is 11.7 Å². The zero-order valence-corrected chi connectivity index (χ0v) is 23.1. The van der Waals surface area contributed by atoms with Gasteiger partial charge in [0.1, 0.15) is 22.8 Å². The Bertz CT molecular complexity index is 1160. The minimum absolute atomic E-state index is 0.152. The highest BCUT2D eigenvalue weighted by Gasteiger charge is 2.46. The number of ether oxygens (including phenoxy) is 1. The highest BCUT2D eigenvalue weighted by Crippen LogP contribution is 2.32. The molecule has 0 bridgehead atoms. The zero-order valence-electron chi connectivity index (χ0n) is 23.1. The highest BCUT2D eigenvalue weighted by molar-refractivity contribution is 5.98. The molecule has 0 aliphatic carbocycles. The lowest BCUT2D eigenvalue weighted by molar-refractivity contribution is -0.147. The maximum atomic E-state index is 15.0. The number of pyridine rings is 1. The highest BCUT2D eigenvalue weighted by atomic mass is 19.1. The number of likely N-dealkylation sites (tertiary alicyclic amines) is 2. The van der Waals surface area contributed by atoms with Gasteiger partial charge in [-0.05, 0) is 88.7 Å². The van der Waals surface area contributed by atoms with Gasteiger partial charge in [-0.1, -0.05) is 19.9 Å². The molecule has 1 unspecified atom stereocenters. The second kappa shape index (κ2) is 12.0. The molecule has 1 N–H and O–H groups in total. The van der Waals surface area contributed by atoms with Gasteiger partial charge in [0, 0.05) is 18.7 Å². The first-order valence-corrected chi connectivity index (χ1v) is 13.9. The first-order valence-electron chi connectivity index (χ1n) is 13.9. The van der Waals surface area contributed by atoms with E-state index in [1.165, 1.54) is 24.0 Å². The van der Waals surface area contributed by atoms with Crippen LogP contribution < -0.4 is 4.74 Å². The molecule has 1 aromatic heterocycles. The number of hydrogen-bond acceptors (Lipinski definition) is 5. The van der Waals surface area contributed by atoms with Crippen LogP contribution in [0.25, 0.3) is 11.3 Å². The van der Waals surface area contributed by atoms with E-state index in [1.54, 1.807) is 24.4 Å². The van der Waals surface area contributed by atoms with Crippen LogP contribution in [0.3, 0.4) is 0 Å². The van der Waals surface area contributed by atoms with Crippen LogP contribution >= 0.6 is 0 Å². The van der Waals surface area contributed by atoms with Gasteiger partial charge in [0.2, 0.25) is 0 Å². The minimum atomic E-state index is -1.33. The van der Waals surface area contributed by atoms with Gasteiger partial charge in [0.25, 0.3) is 5.91 Å². The van der Waals surface area contributed by atoms with Gasteiger partial charge in [-0.25, -0.2) is 13.6 Å². The third-order valence-corrected chi connectivity index (χ3v) is 8.55. The number of hydrogen-bond donors (Lipinski definition) is 1. The van der Waals surface area contributed by atoms with Crippen LogP contribution in [-0.4, -0.2) is 75.8 Å². The van der Waals surface area contributed by atoms with Gasteiger partial charge in [0.05, 0.1) is 24.1 Å². The number of nitrogens with zero attached hydrogens (tertiary/aromatic N) is 3. The molecule has 39 heavy (non-hydrogen) atoms. The predicted molar refractivity (Wildman–Crippen MR) is 145 cm³/mol. The first kappa shape index (κ1) is 28.9. The normalized spacial score (nSPS) is 20.8. The largest absolute Gasteiger partial charge is 0.492 e. The summed E-state index contributed by atoms with van der Waals surface area (Å²) in [6, 6.07) is 7.79. The lowest BCUT2D eigenvalue weighted by atomic mass is 9.94. The van der Waals surface area contributed by atoms with Crippen molar-refractivity contribution in [2.75, 3.05) is 32.8 Å². The topological polar surface area (TPSA) is 83.0 Å². The summed E-state index contributed by atoms with van der Waals surface area (Å²) >= 11 is 0. The second-order valence-corrected chi connectivity index (χ2v) is 11.1. The van der Waals surface area contributed by atoms with Crippen LogP contribution in [0.15, 0.2) is 36.5 Å². The molecular formula is C30H39F2N3O4. The standard InChI is InChI=1S/C30H39F2N3O4/c1-4-30(32,5-2)20-34-15-11-21(12-16-34)19-39-23-8-10-26(33-18-23)22-7-9-24(25(31)17-22)27(36)35-14-6-13-29(35,3)28(37)38/h7-10,17-18,21H,4-6,11-16,19-20H2,1-3H3,(H,37,38). The van der Waals surface area contributed by atoms with Crippen molar-refractivity contribution in [2.24, 2.45) is 5.92 Å². The van der Waals surface area contributed by atoms with E-state index in [0.29, 0.717) is 61.8 Å². The summed E-state index contributed by atoms with van der Waals surface area (Å²) in [5.41, 5.74) is -1.55. The summed E-state index contributed by atoms with van der Waals surface area (Å²) in [6.45, 7) is 8.39. The van der Waals surface area contributed by atoms with E-state index in [-0.39, 0.29) is 12.1 Å². The monoisotopic (exact) mass is 543 g/mol. The van der Waals surface area contributed by atoms with E-state index < -0.39 is 28.9 Å². The molecule has 0 spiro atoms. The van der Waals surface area contributed by atoms with E-state index >= 15 is 0 Å². The summed E-state index contributed by atoms with van der Waals surface area (Å²) in [5.74, 6) is -1.41. The van der Waals surface area contributed by atoms with E-state index in [2.05, 4.69) is 9.88 Å². The van der Waals surface area contributed by atoms with Crippen LogP contribution in [0.2, 0.25) is 0 Å². The van der Waals surface area contributed by atoms with Crippen LogP contribution in [0.1, 0.15) is 69.7 Å². The number of carboxylic acids is 1. The molecule has 2 aliphatic rings. The minimum Gasteiger partial charge on any atom is -0.492 e. The maximum absolute atomic E-state index is 15.0. The summed E-state index contributed by atoms with van der Waals surface area (Å²) in [6.07, 6.45) is 5.49. The molecule has 1 aromatic carbocycles. The average molecular weight is 544 g/mol. The van der Waals surface area contributed by atoms with Crippen molar-refractivity contribution in [1.29, 1.82) is 0 Å². The van der Waals surface area contributed by atoms with E-state index in [1.807, 2.05) is 13.8 Å². The predicted octanol–water partition coefficient (Wildman–Crippen LogP) is 5.59. The smallest absolute Gasteiger partial charge is 0.329 e. The zero-order chi connectivity index (χ0) is 28.2. The molecule has 4 rings (SSSR count). The van der Waals surface area contributed by atoms with Gasteiger partial charge >= 0.3 is 5.97 Å². The summed E-state index contributed by atoms with van der Waals surface area (Å²) < 4.78 is 35.7. The molecule has 7 nitrogen and oxygen atoms in total. The van der Waals surface area contributed by atoms with Crippen LogP contribution in [-0.2, 0) is 4.79 Å². The Morgan fingerprint density at radius 1 is 1.15 bits per heavy atom. The summed E-state index contributed by atoms with van der Waals surface area (Å²) in [5, 5.41) is 9.58. The third kappa shape index (κ3) is 6.40. The Kier molecular flexibility index (Phi) is 8.89. The summed E-state index contributed by atoms with van der Waals surface area (Å²) in [4.78, 5) is 32.5. The molecule has 0 saturated carbocycles. The molecule has 2 aliphatic heterocycles. The van der Waals surface area contributed by atoms with Gasteiger partial charge in [-0.15, -0.1) is 0 Å². The van der Waals surface area contributed by atoms with Gasteiger partial charge < -0.3 is 19.6 Å². The Hall–Kier alpha value is -3.07. The number of halogens is 2. The fourth-order valence-electron chi connectivity index (χ4n) is 5.54. The average Bonchev–Trinajstić information content (AvgIpc) is 3.35. The molecular weight excluding hydrogens is 504 g/mol. The molecule has 2 aromatic rings. The lowest BCUT2D eigenvalue weighted by Gasteiger charge is -2.36. The second-order valence-electron chi connectivity index (χ2n) is 11.1. The number of benzene rings is 1. The van der Waals surface area contributed by atoms with E-state index in [4.69, 9.17) is 4.74 Å². The SMILES string of the molecule is CCC(F)(CC)CN1CCC(COc2ccc(-c3ccc(C(=O)N4CCCC4(C)C(=O)O)c(F)c3)nc2)CC1. The number of carbonyl (C=O) groups excluding carboxylic acids is 1. The fourth-order valence-corrected chi connectivity index (χ4v) is 5.54. The van der Waals surface area contributed by atoms with Crippen molar-refractivity contribution in [2.45, 2.75) is 70.5 Å². The Morgan fingerprint density at radius 2 is 1.87 bits per heavy atom. The van der Waals surface area contributed by atoms with Gasteiger partial charge in [-0.2, -0.15) is 0 Å². The van der Waals surface area contributed by atoms with Crippen LogP contribution in [0.5, 0.6) is 5.75 Å². The molecule has 212 valence electrons. The van der Waals surface area contributed by atoms with Crippen molar-refractivity contribution in [3.8, 4) is 17.0 Å². The lowest BCUT2D eigenvalue weighted by Crippen LogP contribution is -2.50. The molecule has 2 fully saturated rings. The maximum Gasteiger partial charge on any atom is 0.329 e. The molecule has 0 radical (unpaired) electrons. The number of carbonyl (C=O) groups is 2. The third-order valence-electron chi connectivity index (χ3n) is 8.55. The van der Waals surface area contributed by atoms with Crippen molar-refractivity contribution in [1.82, 2.24) is 14.8 Å². The number of aromatic nitrogens is 1. The number of rotatable bonds is 10.